The number of fused-ring (bicyclic) bond motifs is 2. The van der Waals surface area contributed by atoms with Gasteiger partial charge in [0, 0.05) is 17.1 Å². The molecule has 4 rings (SSSR count). The van der Waals surface area contributed by atoms with E-state index < -0.39 is 18.0 Å². The molecule has 0 unspecified atom stereocenters. The first-order chi connectivity index (χ1) is 12.9. The number of hydrogen-bond donors (Lipinski definition) is 2. The summed E-state index contributed by atoms with van der Waals surface area (Å²) in [6.07, 6.45) is -0.787. The molecule has 7 heteroatoms. The summed E-state index contributed by atoms with van der Waals surface area (Å²) in [6, 6.07) is 11.5. The van der Waals surface area contributed by atoms with Crippen LogP contribution in [0.15, 0.2) is 52.7 Å². The summed E-state index contributed by atoms with van der Waals surface area (Å²) >= 11 is 1.47. The van der Waals surface area contributed by atoms with E-state index in [0.29, 0.717) is 5.75 Å². The Morgan fingerprint density at radius 3 is 2.74 bits per heavy atom. The molecule has 2 aliphatic rings. The SMILES string of the molecule is C[C@@H](O)[C@H]1C(=O)N2C(C(=O)O)=C(CSc3ccc4ccccc4n3)[C@H](C)[C@H]12. The molecule has 0 bridgehead atoms. The highest BCUT2D eigenvalue weighted by atomic mass is 32.2. The highest BCUT2D eigenvalue weighted by Gasteiger charge is 2.59. The van der Waals surface area contributed by atoms with Gasteiger partial charge in [0.15, 0.2) is 0 Å². The number of carbonyl (C=O) groups is 2. The Balaban J connectivity index is 1.60. The molecular formula is C20H20N2O4S. The molecule has 27 heavy (non-hydrogen) atoms. The molecule has 6 nitrogen and oxygen atoms in total. The average molecular weight is 384 g/mol. The third-order valence-electron chi connectivity index (χ3n) is 5.47. The fourth-order valence-electron chi connectivity index (χ4n) is 4.11. The highest BCUT2D eigenvalue weighted by Crippen LogP contribution is 2.48. The normalized spacial score (nSPS) is 25.5. The number of aliphatic hydroxyl groups is 1. The largest absolute Gasteiger partial charge is 0.477 e. The number of rotatable bonds is 5. The van der Waals surface area contributed by atoms with Crippen LogP contribution in [-0.4, -0.2) is 49.9 Å². The molecule has 0 spiro atoms. The molecule has 2 aromatic rings. The van der Waals surface area contributed by atoms with Gasteiger partial charge in [0.1, 0.15) is 5.70 Å². The number of aromatic nitrogens is 1. The summed E-state index contributed by atoms with van der Waals surface area (Å²) in [7, 11) is 0. The lowest BCUT2D eigenvalue weighted by molar-refractivity contribution is -0.163. The molecule has 1 fully saturated rings. The number of nitrogens with zero attached hydrogens (tertiary/aromatic N) is 2. The number of carboxylic acid groups (broad SMARTS) is 1. The fourth-order valence-corrected chi connectivity index (χ4v) is 5.14. The number of carboxylic acids is 1. The van der Waals surface area contributed by atoms with Crippen LogP contribution in [0.3, 0.4) is 0 Å². The lowest BCUT2D eigenvalue weighted by Gasteiger charge is -2.46. The molecule has 140 valence electrons. The molecule has 4 atom stereocenters. The van der Waals surface area contributed by atoms with Crippen molar-refractivity contribution in [1.29, 1.82) is 0 Å². The zero-order chi connectivity index (χ0) is 19.3. The van der Waals surface area contributed by atoms with E-state index in [-0.39, 0.29) is 23.6 Å². The van der Waals surface area contributed by atoms with Crippen molar-refractivity contribution in [2.24, 2.45) is 11.8 Å². The zero-order valence-corrected chi connectivity index (χ0v) is 15.8. The Bertz CT molecular complexity index is 971. The van der Waals surface area contributed by atoms with E-state index in [2.05, 4.69) is 4.98 Å². The van der Waals surface area contributed by atoms with Crippen LogP contribution in [-0.2, 0) is 9.59 Å². The highest BCUT2D eigenvalue weighted by molar-refractivity contribution is 7.99. The van der Waals surface area contributed by atoms with Crippen LogP contribution in [0.25, 0.3) is 10.9 Å². The molecule has 0 saturated carbocycles. The topological polar surface area (TPSA) is 90.7 Å². The number of hydrogen-bond acceptors (Lipinski definition) is 5. The second kappa shape index (κ2) is 6.65. The molecule has 1 saturated heterocycles. The van der Waals surface area contributed by atoms with Crippen molar-refractivity contribution in [1.82, 2.24) is 9.88 Å². The maximum atomic E-state index is 12.4. The number of aliphatic hydroxyl groups excluding tert-OH is 1. The van der Waals surface area contributed by atoms with Gasteiger partial charge in [-0.2, -0.15) is 0 Å². The lowest BCUT2D eigenvalue weighted by Crippen LogP contribution is -2.63. The van der Waals surface area contributed by atoms with Gasteiger partial charge in [-0.3, -0.25) is 4.79 Å². The Hall–Kier alpha value is -2.38. The van der Waals surface area contributed by atoms with E-state index in [0.717, 1.165) is 21.5 Å². The van der Waals surface area contributed by atoms with Gasteiger partial charge in [-0.05, 0) is 24.6 Å². The summed E-state index contributed by atoms with van der Waals surface area (Å²) in [6.45, 7) is 3.51. The zero-order valence-electron chi connectivity index (χ0n) is 15.0. The van der Waals surface area contributed by atoms with Gasteiger partial charge in [0.2, 0.25) is 5.91 Å². The molecule has 0 radical (unpaired) electrons. The standard InChI is InChI=1S/C20H20N2O4S/c1-10-13(9-27-15-8-7-12-5-3-4-6-14(12)21-15)18(20(25)26)22-17(10)16(11(2)23)19(22)24/h3-8,10-11,16-17,23H,9H2,1-2H3,(H,25,26)/t10-,11+,16+,17+/m0/s1. The summed E-state index contributed by atoms with van der Waals surface area (Å²) in [5.74, 6) is -1.59. The Morgan fingerprint density at radius 1 is 1.30 bits per heavy atom. The summed E-state index contributed by atoms with van der Waals surface area (Å²) in [5, 5.41) is 21.4. The van der Waals surface area contributed by atoms with E-state index in [1.807, 2.05) is 43.3 Å². The first-order valence-corrected chi connectivity index (χ1v) is 9.84. The van der Waals surface area contributed by atoms with Crippen molar-refractivity contribution in [3.8, 4) is 0 Å². The smallest absolute Gasteiger partial charge is 0.352 e. The molecule has 2 aliphatic heterocycles. The van der Waals surface area contributed by atoms with Gasteiger partial charge in [0.25, 0.3) is 0 Å². The van der Waals surface area contributed by atoms with Crippen LogP contribution in [0.2, 0.25) is 0 Å². The van der Waals surface area contributed by atoms with Crippen LogP contribution in [0.4, 0.5) is 0 Å². The van der Waals surface area contributed by atoms with E-state index in [4.69, 9.17) is 0 Å². The Kier molecular flexibility index (Phi) is 4.44. The molecule has 1 amide bonds. The molecule has 1 aromatic heterocycles. The molecule has 3 heterocycles. The number of aliphatic carboxylic acids is 1. The predicted molar refractivity (Wildman–Crippen MR) is 102 cm³/mol. The van der Waals surface area contributed by atoms with Crippen LogP contribution < -0.4 is 0 Å². The average Bonchev–Trinajstić information content (AvgIpc) is 2.88. The minimum Gasteiger partial charge on any atom is -0.477 e. The van der Waals surface area contributed by atoms with Gasteiger partial charge >= 0.3 is 5.97 Å². The predicted octanol–water partition coefficient (Wildman–Crippen LogP) is 2.52. The molecular weight excluding hydrogens is 364 g/mol. The number of β-lactam (4-membered cyclic amide) rings is 1. The number of benzene rings is 1. The van der Waals surface area contributed by atoms with E-state index in [9.17, 15) is 19.8 Å². The van der Waals surface area contributed by atoms with Gasteiger partial charge in [0.05, 0.1) is 28.6 Å². The fraction of sp³-hybridized carbons (Fsp3) is 0.350. The third kappa shape index (κ3) is 2.82. The van der Waals surface area contributed by atoms with Crippen molar-refractivity contribution >= 4 is 34.5 Å². The second-order valence-corrected chi connectivity index (χ2v) is 8.06. The van der Waals surface area contributed by atoms with Gasteiger partial charge in [-0.15, -0.1) is 11.8 Å². The van der Waals surface area contributed by atoms with Crippen molar-refractivity contribution < 1.29 is 19.8 Å². The Labute approximate surface area is 160 Å². The van der Waals surface area contributed by atoms with E-state index in [1.54, 1.807) is 6.92 Å². The van der Waals surface area contributed by atoms with Crippen molar-refractivity contribution in [3.63, 3.8) is 0 Å². The third-order valence-corrected chi connectivity index (χ3v) is 6.44. The van der Waals surface area contributed by atoms with E-state index in [1.165, 1.54) is 16.7 Å². The first kappa shape index (κ1) is 18.0. The molecule has 1 aromatic carbocycles. The second-order valence-electron chi connectivity index (χ2n) is 7.06. The quantitative estimate of drug-likeness (QED) is 0.608. The number of pyridine rings is 1. The molecule has 0 aliphatic carbocycles. The van der Waals surface area contributed by atoms with E-state index >= 15 is 0 Å². The Morgan fingerprint density at radius 2 is 2.04 bits per heavy atom. The van der Waals surface area contributed by atoms with Crippen LogP contribution in [0, 0.1) is 11.8 Å². The minimum atomic E-state index is -1.09. The van der Waals surface area contributed by atoms with Gasteiger partial charge in [-0.1, -0.05) is 31.2 Å². The number of thioether (sulfide) groups is 1. The van der Waals surface area contributed by atoms with Crippen LogP contribution in [0.1, 0.15) is 13.8 Å². The summed E-state index contributed by atoms with van der Waals surface area (Å²) in [5.41, 5.74) is 1.69. The number of para-hydroxylation sites is 1. The summed E-state index contributed by atoms with van der Waals surface area (Å²) < 4.78 is 0. The molecule has 2 N–H and O–H groups in total. The van der Waals surface area contributed by atoms with Crippen molar-refractivity contribution in [2.75, 3.05) is 5.75 Å². The minimum absolute atomic E-state index is 0.0719. The van der Waals surface area contributed by atoms with Crippen LogP contribution >= 0.6 is 11.8 Å². The monoisotopic (exact) mass is 384 g/mol. The summed E-state index contributed by atoms with van der Waals surface area (Å²) in [4.78, 5) is 30.1. The van der Waals surface area contributed by atoms with Crippen LogP contribution in [0.5, 0.6) is 0 Å². The number of amides is 1. The van der Waals surface area contributed by atoms with Crippen molar-refractivity contribution in [2.45, 2.75) is 31.0 Å². The lowest BCUT2D eigenvalue weighted by atomic mass is 9.78. The number of carbonyl (C=O) groups excluding carboxylic acids is 1. The van der Waals surface area contributed by atoms with Gasteiger partial charge < -0.3 is 15.1 Å². The maximum absolute atomic E-state index is 12.4. The van der Waals surface area contributed by atoms with Crippen molar-refractivity contribution in [3.05, 3.63) is 47.7 Å². The maximum Gasteiger partial charge on any atom is 0.352 e. The first-order valence-electron chi connectivity index (χ1n) is 8.86. The van der Waals surface area contributed by atoms with Gasteiger partial charge in [-0.25, -0.2) is 9.78 Å².